The Morgan fingerprint density at radius 2 is 1.76 bits per heavy atom. The van der Waals surface area contributed by atoms with Gasteiger partial charge in [0.15, 0.2) is 17.3 Å². The monoisotopic (exact) mass is 406 g/mol. The molecule has 8 nitrogen and oxygen atoms in total. The molecule has 158 valence electrons. The number of aromatic hydroxyl groups is 3. The second-order valence-electron chi connectivity index (χ2n) is 8.53. The van der Waals surface area contributed by atoms with Gasteiger partial charge in [-0.25, -0.2) is 0 Å². The van der Waals surface area contributed by atoms with Crippen molar-refractivity contribution < 1.29 is 39.9 Å². The number of carbonyl (C=O) groups is 2. The van der Waals surface area contributed by atoms with Crippen molar-refractivity contribution in [2.75, 3.05) is 6.61 Å². The van der Waals surface area contributed by atoms with E-state index in [4.69, 9.17) is 4.74 Å². The maximum absolute atomic E-state index is 13.1. The highest BCUT2D eigenvalue weighted by Crippen LogP contribution is 2.61. The van der Waals surface area contributed by atoms with Crippen LogP contribution in [0.2, 0.25) is 0 Å². The minimum Gasteiger partial charge on any atom is -0.507 e. The van der Waals surface area contributed by atoms with E-state index >= 15 is 0 Å². The molecule has 8 heteroatoms. The molecule has 1 fully saturated rings. The maximum atomic E-state index is 13.1. The SMILES string of the molecule is CC(O)Cc1c(O)c(O)c2c(c1O)C(=O)C(O)=C1C(C)(COC=O)CCCC12C. The van der Waals surface area contributed by atoms with Gasteiger partial charge in [0.1, 0.15) is 12.4 Å². The molecule has 29 heavy (non-hydrogen) atoms. The van der Waals surface area contributed by atoms with Crippen LogP contribution in [0.3, 0.4) is 0 Å². The first-order chi connectivity index (χ1) is 13.5. The topological polar surface area (TPSA) is 145 Å². The third-order valence-corrected chi connectivity index (χ3v) is 6.28. The molecule has 0 aromatic heterocycles. The Kier molecular flexibility index (Phi) is 5.03. The van der Waals surface area contributed by atoms with E-state index in [1.165, 1.54) is 6.92 Å². The van der Waals surface area contributed by atoms with E-state index in [0.717, 1.165) is 0 Å². The molecule has 3 unspecified atom stereocenters. The van der Waals surface area contributed by atoms with Crippen molar-refractivity contribution in [2.45, 2.75) is 58.0 Å². The van der Waals surface area contributed by atoms with Gasteiger partial charge in [-0.05, 0) is 25.3 Å². The number of ether oxygens (including phenoxy) is 1. The number of ketones is 1. The Labute approximate surface area is 168 Å². The molecule has 3 atom stereocenters. The van der Waals surface area contributed by atoms with Crippen molar-refractivity contribution in [2.24, 2.45) is 5.41 Å². The molecule has 0 aliphatic heterocycles. The van der Waals surface area contributed by atoms with Crippen molar-refractivity contribution in [1.29, 1.82) is 0 Å². The fourth-order valence-electron chi connectivity index (χ4n) is 5.15. The zero-order chi connectivity index (χ0) is 21.7. The summed E-state index contributed by atoms with van der Waals surface area (Å²) in [7, 11) is 0. The summed E-state index contributed by atoms with van der Waals surface area (Å²) in [5, 5.41) is 52.6. The van der Waals surface area contributed by atoms with E-state index in [1.807, 2.05) is 0 Å². The molecule has 1 aromatic rings. The Morgan fingerprint density at radius 1 is 1.10 bits per heavy atom. The Balaban J connectivity index is 2.33. The Hall–Kier alpha value is -2.74. The number of carbonyl (C=O) groups excluding carboxylic acids is 2. The van der Waals surface area contributed by atoms with Crippen LogP contribution in [0.5, 0.6) is 17.2 Å². The van der Waals surface area contributed by atoms with Crippen molar-refractivity contribution in [1.82, 2.24) is 0 Å². The molecular formula is C21H26O8. The molecule has 0 spiro atoms. The van der Waals surface area contributed by atoms with Gasteiger partial charge in [-0.3, -0.25) is 9.59 Å². The normalized spacial score (nSPS) is 27.2. The molecule has 0 saturated heterocycles. The average molecular weight is 406 g/mol. The summed E-state index contributed by atoms with van der Waals surface area (Å²) in [4.78, 5) is 23.8. The lowest BCUT2D eigenvalue weighted by molar-refractivity contribution is -0.131. The van der Waals surface area contributed by atoms with Gasteiger partial charge in [-0.2, -0.15) is 0 Å². The lowest BCUT2D eigenvalue weighted by atomic mass is 9.54. The molecule has 0 heterocycles. The zero-order valence-corrected chi connectivity index (χ0v) is 16.7. The minimum absolute atomic E-state index is 0.0386. The smallest absolute Gasteiger partial charge is 0.293 e. The Morgan fingerprint density at radius 3 is 2.34 bits per heavy atom. The molecule has 2 aliphatic rings. The van der Waals surface area contributed by atoms with Crippen molar-refractivity contribution in [3.8, 4) is 17.2 Å². The van der Waals surface area contributed by atoms with E-state index in [-0.39, 0.29) is 29.7 Å². The van der Waals surface area contributed by atoms with Crippen LogP contribution in [0.25, 0.3) is 0 Å². The maximum Gasteiger partial charge on any atom is 0.293 e. The van der Waals surface area contributed by atoms with E-state index in [9.17, 15) is 35.1 Å². The van der Waals surface area contributed by atoms with E-state index < -0.39 is 45.7 Å². The van der Waals surface area contributed by atoms with Gasteiger partial charge < -0.3 is 30.3 Å². The summed E-state index contributed by atoms with van der Waals surface area (Å²) < 4.78 is 4.96. The summed E-state index contributed by atoms with van der Waals surface area (Å²) in [5.74, 6) is -3.17. The molecule has 0 amide bonds. The molecule has 1 saturated carbocycles. The summed E-state index contributed by atoms with van der Waals surface area (Å²) >= 11 is 0. The highest BCUT2D eigenvalue weighted by atomic mass is 16.5. The summed E-state index contributed by atoms with van der Waals surface area (Å²) in [6.45, 7) is 5.15. The number of Topliss-reactive ketones (excluding diaryl/α,β-unsaturated/α-hetero) is 1. The summed E-state index contributed by atoms with van der Waals surface area (Å²) in [5.41, 5.74) is -2.02. The highest BCUT2D eigenvalue weighted by molar-refractivity contribution is 6.13. The van der Waals surface area contributed by atoms with E-state index in [2.05, 4.69) is 0 Å². The van der Waals surface area contributed by atoms with Gasteiger partial charge >= 0.3 is 0 Å². The van der Waals surface area contributed by atoms with E-state index in [0.29, 0.717) is 31.3 Å². The van der Waals surface area contributed by atoms with Crippen LogP contribution in [-0.2, 0) is 21.4 Å². The molecule has 0 radical (unpaired) electrons. The fraction of sp³-hybridized carbons (Fsp3) is 0.524. The predicted octanol–water partition coefficient (Wildman–Crippen LogP) is 2.36. The number of aliphatic hydroxyl groups is 2. The number of phenolic OH excluding ortho intramolecular Hbond substituents is 3. The molecular weight excluding hydrogens is 380 g/mol. The van der Waals surface area contributed by atoms with Gasteiger partial charge in [0.25, 0.3) is 6.47 Å². The summed E-state index contributed by atoms with van der Waals surface area (Å²) in [6.07, 6.45) is 0.473. The van der Waals surface area contributed by atoms with Crippen LogP contribution >= 0.6 is 0 Å². The molecule has 1 aromatic carbocycles. The first kappa shape index (κ1) is 21.0. The number of hydrogen-bond acceptors (Lipinski definition) is 8. The van der Waals surface area contributed by atoms with Crippen LogP contribution in [-0.4, -0.2) is 50.5 Å². The fourth-order valence-corrected chi connectivity index (χ4v) is 5.15. The standard InChI is InChI=1S/C21H26O8/c1-10(23)7-11-14(24)12-13(17(27)15(11)25)21(3)6-4-5-20(2,8-29-9-22)19(21)18(28)16(12)26/h9-10,23-25,27-28H,4-8H2,1-3H3. The number of aliphatic hydroxyl groups excluding tert-OH is 2. The number of allylic oxidation sites excluding steroid dienone is 1. The summed E-state index contributed by atoms with van der Waals surface area (Å²) in [6, 6.07) is 0. The second-order valence-corrected chi connectivity index (χ2v) is 8.53. The van der Waals surface area contributed by atoms with Gasteiger partial charge in [-0.1, -0.05) is 20.3 Å². The lowest BCUT2D eigenvalue weighted by Gasteiger charge is -2.49. The van der Waals surface area contributed by atoms with Gasteiger partial charge in [0.05, 0.1) is 11.7 Å². The molecule has 0 bridgehead atoms. The Bertz CT molecular complexity index is 916. The zero-order valence-electron chi connectivity index (χ0n) is 16.7. The van der Waals surface area contributed by atoms with Gasteiger partial charge in [0, 0.05) is 28.4 Å². The molecule has 2 aliphatic carbocycles. The van der Waals surface area contributed by atoms with Crippen molar-refractivity contribution in [3.63, 3.8) is 0 Å². The van der Waals surface area contributed by atoms with E-state index in [1.54, 1.807) is 13.8 Å². The average Bonchev–Trinajstić information content (AvgIpc) is 2.64. The van der Waals surface area contributed by atoms with Crippen molar-refractivity contribution in [3.05, 3.63) is 28.0 Å². The number of benzene rings is 1. The van der Waals surface area contributed by atoms with Gasteiger partial charge in [-0.15, -0.1) is 0 Å². The number of rotatable bonds is 5. The number of hydrogen-bond donors (Lipinski definition) is 5. The first-order valence-corrected chi connectivity index (χ1v) is 9.52. The second kappa shape index (κ2) is 6.95. The highest BCUT2D eigenvalue weighted by Gasteiger charge is 2.55. The molecule has 5 N–H and O–H groups in total. The third-order valence-electron chi connectivity index (χ3n) is 6.28. The van der Waals surface area contributed by atoms with Crippen LogP contribution in [0.15, 0.2) is 11.3 Å². The third kappa shape index (κ3) is 2.93. The molecule has 3 rings (SSSR count). The minimum atomic E-state index is -1.07. The lowest BCUT2D eigenvalue weighted by Crippen LogP contribution is -2.46. The van der Waals surface area contributed by atoms with Crippen LogP contribution in [0, 0.1) is 5.41 Å². The van der Waals surface area contributed by atoms with Crippen LogP contribution < -0.4 is 0 Å². The van der Waals surface area contributed by atoms with Crippen molar-refractivity contribution >= 4 is 12.3 Å². The first-order valence-electron chi connectivity index (χ1n) is 9.52. The number of fused-ring (bicyclic) bond motifs is 3. The van der Waals surface area contributed by atoms with Crippen LogP contribution in [0.4, 0.5) is 0 Å². The van der Waals surface area contributed by atoms with Gasteiger partial charge in [0.2, 0.25) is 5.78 Å². The predicted molar refractivity (Wildman–Crippen MR) is 102 cm³/mol. The van der Waals surface area contributed by atoms with Crippen LogP contribution in [0.1, 0.15) is 61.5 Å². The largest absolute Gasteiger partial charge is 0.507 e. The number of phenols is 3. The quantitative estimate of drug-likeness (QED) is 0.285.